The van der Waals surface area contributed by atoms with E-state index < -0.39 is 9.84 Å². The summed E-state index contributed by atoms with van der Waals surface area (Å²) in [7, 11) is -3.22. The van der Waals surface area contributed by atoms with Gasteiger partial charge in [0.2, 0.25) is 0 Å². The van der Waals surface area contributed by atoms with E-state index in [1.807, 2.05) is 0 Å². The maximum absolute atomic E-state index is 11.9. The van der Waals surface area contributed by atoms with E-state index in [9.17, 15) is 13.2 Å². The molecule has 0 aliphatic carbocycles. The van der Waals surface area contributed by atoms with Crippen molar-refractivity contribution in [1.29, 1.82) is 0 Å². The molecule has 0 heterocycles. The number of hydrogen-bond acceptors (Lipinski definition) is 4. The molecule has 1 aromatic carbocycles. The van der Waals surface area contributed by atoms with Crippen molar-refractivity contribution in [3.05, 3.63) is 30.3 Å². The summed E-state index contributed by atoms with van der Waals surface area (Å²) in [5.74, 6) is -0.203. The van der Waals surface area contributed by atoms with E-state index in [4.69, 9.17) is 4.74 Å². The molecule has 0 amide bonds. The van der Waals surface area contributed by atoms with Crippen molar-refractivity contribution in [3.8, 4) is 0 Å². The molecule has 0 aromatic heterocycles. The van der Waals surface area contributed by atoms with Crippen LogP contribution in [0.15, 0.2) is 35.2 Å². The molecule has 0 atom stereocenters. The van der Waals surface area contributed by atoms with Crippen molar-refractivity contribution < 1.29 is 17.9 Å². The van der Waals surface area contributed by atoms with Crippen LogP contribution < -0.4 is 0 Å². The molecule has 4 nitrogen and oxygen atoms in total. The van der Waals surface area contributed by atoms with Crippen molar-refractivity contribution in [2.45, 2.75) is 31.1 Å². The van der Waals surface area contributed by atoms with Gasteiger partial charge in [-0.1, -0.05) is 18.2 Å². The fourth-order valence-corrected chi connectivity index (χ4v) is 2.93. The number of carbonyl (C=O) groups excluding carboxylic acids is 1. The average molecular weight is 270 g/mol. The zero-order chi connectivity index (χ0) is 13.4. The molecule has 0 unspecified atom stereocenters. The minimum atomic E-state index is -3.22. The number of ether oxygens (including phenoxy) is 1. The summed E-state index contributed by atoms with van der Waals surface area (Å²) in [5, 5.41) is 0. The number of hydrogen-bond donors (Lipinski definition) is 0. The molecule has 0 aliphatic rings. The number of carbonyl (C=O) groups is 1. The Morgan fingerprint density at radius 3 is 2.44 bits per heavy atom. The second-order valence-electron chi connectivity index (χ2n) is 3.89. The maximum Gasteiger partial charge on any atom is 0.305 e. The third kappa shape index (κ3) is 4.87. The molecule has 0 N–H and O–H groups in total. The first-order valence-corrected chi connectivity index (χ1v) is 7.65. The monoisotopic (exact) mass is 270 g/mol. The van der Waals surface area contributed by atoms with Gasteiger partial charge < -0.3 is 4.74 Å². The first-order chi connectivity index (χ1) is 8.56. The highest BCUT2D eigenvalue weighted by Crippen LogP contribution is 2.12. The van der Waals surface area contributed by atoms with Crippen molar-refractivity contribution in [1.82, 2.24) is 0 Å². The SMILES string of the molecule is CCOC(=O)CCCCS(=O)(=O)c1ccccc1. The molecule has 0 saturated carbocycles. The van der Waals surface area contributed by atoms with E-state index in [0.717, 1.165) is 0 Å². The molecule has 18 heavy (non-hydrogen) atoms. The summed E-state index contributed by atoms with van der Waals surface area (Å²) < 4.78 is 28.5. The molecule has 1 rings (SSSR count). The van der Waals surface area contributed by atoms with Crippen molar-refractivity contribution >= 4 is 15.8 Å². The summed E-state index contributed by atoms with van der Waals surface area (Å²) in [6, 6.07) is 8.35. The molecule has 1 aromatic rings. The molecular weight excluding hydrogens is 252 g/mol. The molecule has 0 spiro atoms. The van der Waals surface area contributed by atoms with Gasteiger partial charge in [-0.25, -0.2) is 8.42 Å². The van der Waals surface area contributed by atoms with Crippen molar-refractivity contribution in [3.63, 3.8) is 0 Å². The third-order valence-electron chi connectivity index (χ3n) is 2.45. The topological polar surface area (TPSA) is 60.4 Å². The molecule has 0 saturated heterocycles. The average Bonchev–Trinajstić information content (AvgIpc) is 2.36. The Labute approximate surface area is 108 Å². The van der Waals surface area contributed by atoms with E-state index in [1.54, 1.807) is 37.3 Å². The van der Waals surface area contributed by atoms with Crippen LogP contribution in [0.2, 0.25) is 0 Å². The maximum atomic E-state index is 11.9. The summed E-state index contributed by atoms with van der Waals surface area (Å²) in [4.78, 5) is 11.4. The molecule has 100 valence electrons. The van der Waals surface area contributed by atoms with Crippen LogP contribution >= 0.6 is 0 Å². The number of esters is 1. The summed E-state index contributed by atoms with van der Waals surface area (Å²) in [6.07, 6.45) is 1.28. The molecule has 0 bridgehead atoms. The zero-order valence-electron chi connectivity index (χ0n) is 10.5. The third-order valence-corrected chi connectivity index (χ3v) is 4.27. The summed E-state index contributed by atoms with van der Waals surface area (Å²) in [6.45, 7) is 2.11. The lowest BCUT2D eigenvalue weighted by molar-refractivity contribution is -0.143. The standard InChI is InChI=1S/C13H18O4S/c1-2-17-13(14)10-6-7-11-18(15,16)12-8-4-3-5-9-12/h3-5,8-9H,2,6-7,10-11H2,1H3. The fourth-order valence-electron chi connectivity index (χ4n) is 1.54. The van der Waals surface area contributed by atoms with Gasteiger partial charge in [-0.05, 0) is 31.9 Å². The molecule has 0 fully saturated rings. The van der Waals surface area contributed by atoms with Gasteiger partial charge in [0.1, 0.15) is 0 Å². The second-order valence-corrected chi connectivity index (χ2v) is 6.00. The van der Waals surface area contributed by atoms with Gasteiger partial charge in [-0.3, -0.25) is 4.79 Å². The normalized spacial score (nSPS) is 11.2. The highest BCUT2D eigenvalue weighted by molar-refractivity contribution is 7.91. The fraction of sp³-hybridized carbons (Fsp3) is 0.462. The molecule has 0 aliphatic heterocycles. The van der Waals surface area contributed by atoms with Crippen LogP contribution in [-0.4, -0.2) is 26.7 Å². The van der Waals surface area contributed by atoms with Gasteiger partial charge in [0, 0.05) is 6.42 Å². The Morgan fingerprint density at radius 2 is 1.83 bits per heavy atom. The van der Waals surface area contributed by atoms with Crippen LogP contribution in [0.25, 0.3) is 0 Å². The number of rotatable bonds is 7. The highest BCUT2D eigenvalue weighted by atomic mass is 32.2. The quantitative estimate of drug-likeness (QED) is 0.563. The predicted molar refractivity (Wildman–Crippen MR) is 69.0 cm³/mol. The summed E-state index contributed by atoms with van der Waals surface area (Å²) in [5.41, 5.74) is 0. The number of sulfone groups is 1. The molecule has 0 radical (unpaired) electrons. The number of unbranched alkanes of at least 4 members (excludes halogenated alkanes) is 1. The van der Waals surface area contributed by atoms with Crippen LogP contribution in [0.1, 0.15) is 26.2 Å². The second kappa shape index (κ2) is 7.16. The smallest absolute Gasteiger partial charge is 0.305 e. The Bertz CT molecular complexity index is 465. The lowest BCUT2D eigenvalue weighted by Gasteiger charge is -2.04. The van der Waals surface area contributed by atoms with Crippen molar-refractivity contribution in [2.24, 2.45) is 0 Å². The van der Waals surface area contributed by atoms with Gasteiger partial charge in [-0.2, -0.15) is 0 Å². The first-order valence-electron chi connectivity index (χ1n) is 5.99. The van der Waals surface area contributed by atoms with Gasteiger partial charge >= 0.3 is 5.97 Å². The molecule has 5 heteroatoms. The number of benzene rings is 1. The van der Waals surface area contributed by atoms with E-state index >= 15 is 0 Å². The van der Waals surface area contributed by atoms with Crippen LogP contribution in [-0.2, 0) is 19.4 Å². The van der Waals surface area contributed by atoms with Gasteiger partial charge in [-0.15, -0.1) is 0 Å². The van der Waals surface area contributed by atoms with E-state index in [2.05, 4.69) is 0 Å². The zero-order valence-corrected chi connectivity index (χ0v) is 11.3. The minimum absolute atomic E-state index is 0.0659. The van der Waals surface area contributed by atoms with Crippen molar-refractivity contribution in [2.75, 3.05) is 12.4 Å². The molecular formula is C13H18O4S. The Morgan fingerprint density at radius 1 is 1.17 bits per heavy atom. The van der Waals surface area contributed by atoms with E-state index in [0.29, 0.717) is 24.3 Å². The Hall–Kier alpha value is -1.36. The highest BCUT2D eigenvalue weighted by Gasteiger charge is 2.13. The van der Waals surface area contributed by atoms with Crippen LogP contribution in [0.4, 0.5) is 0 Å². The Balaban J connectivity index is 2.37. The van der Waals surface area contributed by atoms with Crippen LogP contribution in [0.5, 0.6) is 0 Å². The van der Waals surface area contributed by atoms with E-state index in [-0.39, 0.29) is 18.1 Å². The van der Waals surface area contributed by atoms with Gasteiger partial charge in [0.15, 0.2) is 9.84 Å². The largest absolute Gasteiger partial charge is 0.466 e. The summed E-state index contributed by atoms with van der Waals surface area (Å²) >= 11 is 0. The first kappa shape index (κ1) is 14.7. The van der Waals surface area contributed by atoms with Crippen LogP contribution in [0, 0.1) is 0 Å². The lowest BCUT2D eigenvalue weighted by atomic mass is 10.2. The predicted octanol–water partition coefficient (Wildman–Crippen LogP) is 2.19. The van der Waals surface area contributed by atoms with Gasteiger partial charge in [0.05, 0.1) is 17.3 Å². The van der Waals surface area contributed by atoms with Crippen LogP contribution in [0.3, 0.4) is 0 Å². The Kier molecular flexibility index (Phi) is 5.85. The minimum Gasteiger partial charge on any atom is -0.466 e. The van der Waals surface area contributed by atoms with E-state index in [1.165, 1.54) is 0 Å². The van der Waals surface area contributed by atoms with Gasteiger partial charge in [0.25, 0.3) is 0 Å². The lowest BCUT2D eigenvalue weighted by Crippen LogP contribution is -2.08.